The van der Waals surface area contributed by atoms with Crippen LogP contribution in [0.1, 0.15) is 15.2 Å². The van der Waals surface area contributed by atoms with Crippen LogP contribution in [0.25, 0.3) is 0 Å². The van der Waals surface area contributed by atoms with E-state index in [1.807, 2.05) is 17.5 Å². The average Bonchev–Trinajstić information content (AvgIpc) is 2.84. The number of hydrogen-bond acceptors (Lipinski definition) is 3. The molecular formula is C13H11FO3S. The third-order valence-electron chi connectivity index (χ3n) is 2.36. The summed E-state index contributed by atoms with van der Waals surface area (Å²) < 4.78 is 18.3. The minimum atomic E-state index is -1.19. The van der Waals surface area contributed by atoms with Gasteiger partial charge in [-0.05, 0) is 29.6 Å². The smallest absolute Gasteiger partial charge is 0.339 e. The normalized spacial score (nSPS) is 10.3. The topological polar surface area (TPSA) is 46.5 Å². The number of halogens is 1. The summed E-state index contributed by atoms with van der Waals surface area (Å²) in [6.45, 7) is 0.367. The first-order valence-electron chi connectivity index (χ1n) is 5.35. The molecule has 2 rings (SSSR count). The minimum absolute atomic E-state index is 0.152. The van der Waals surface area contributed by atoms with E-state index < -0.39 is 11.8 Å². The van der Waals surface area contributed by atoms with Crippen LogP contribution in [0.5, 0.6) is 5.75 Å². The van der Waals surface area contributed by atoms with Crippen molar-refractivity contribution in [2.45, 2.75) is 6.42 Å². The van der Waals surface area contributed by atoms with Gasteiger partial charge in [0, 0.05) is 11.3 Å². The highest BCUT2D eigenvalue weighted by molar-refractivity contribution is 7.09. The second kappa shape index (κ2) is 5.64. The molecule has 5 heteroatoms. The summed E-state index contributed by atoms with van der Waals surface area (Å²) in [4.78, 5) is 12.1. The van der Waals surface area contributed by atoms with Crippen LogP contribution in [-0.2, 0) is 6.42 Å². The van der Waals surface area contributed by atoms with Crippen molar-refractivity contribution in [3.63, 3.8) is 0 Å². The van der Waals surface area contributed by atoms with Crippen LogP contribution >= 0.6 is 11.3 Å². The molecule has 18 heavy (non-hydrogen) atoms. The highest BCUT2D eigenvalue weighted by Crippen LogP contribution is 2.20. The van der Waals surface area contributed by atoms with Gasteiger partial charge in [-0.2, -0.15) is 0 Å². The van der Waals surface area contributed by atoms with E-state index in [-0.39, 0.29) is 11.3 Å². The standard InChI is InChI=1S/C13H11FO3S/c14-9-3-4-12(11(8-9)13(15)16)17-6-5-10-2-1-7-18-10/h1-4,7-8H,5-6H2,(H,15,16). The Balaban J connectivity index is 2.02. The molecule has 2 aromatic rings. The van der Waals surface area contributed by atoms with Crippen LogP contribution < -0.4 is 4.74 Å². The second-order valence-corrected chi connectivity index (χ2v) is 4.66. The number of thiophene rings is 1. The van der Waals surface area contributed by atoms with E-state index >= 15 is 0 Å². The summed E-state index contributed by atoms with van der Waals surface area (Å²) in [5.41, 5.74) is -0.152. The highest BCUT2D eigenvalue weighted by atomic mass is 32.1. The van der Waals surface area contributed by atoms with Crippen molar-refractivity contribution in [2.75, 3.05) is 6.61 Å². The summed E-state index contributed by atoms with van der Waals surface area (Å²) in [6, 6.07) is 7.42. The van der Waals surface area contributed by atoms with Gasteiger partial charge < -0.3 is 9.84 Å². The van der Waals surface area contributed by atoms with E-state index in [9.17, 15) is 9.18 Å². The van der Waals surface area contributed by atoms with Gasteiger partial charge in [0.05, 0.1) is 6.61 Å². The van der Waals surface area contributed by atoms with Crippen molar-refractivity contribution in [2.24, 2.45) is 0 Å². The number of aromatic carboxylic acids is 1. The fraction of sp³-hybridized carbons (Fsp3) is 0.154. The van der Waals surface area contributed by atoms with Crippen LogP contribution in [0.4, 0.5) is 4.39 Å². The average molecular weight is 266 g/mol. The van der Waals surface area contributed by atoms with Crippen molar-refractivity contribution < 1.29 is 19.0 Å². The maximum Gasteiger partial charge on any atom is 0.339 e. The molecular weight excluding hydrogens is 255 g/mol. The van der Waals surface area contributed by atoms with Crippen molar-refractivity contribution in [1.29, 1.82) is 0 Å². The Hall–Kier alpha value is -1.88. The van der Waals surface area contributed by atoms with Crippen molar-refractivity contribution >= 4 is 17.3 Å². The fourth-order valence-corrected chi connectivity index (χ4v) is 2.20. The predicted molar refractivity (Wildman–Crippen MR) is 66.9 cm³/mol. The van der Waals surface area contributed by atoms with E-state index in [1.54, 1.807) is 11.3 Å². The lowest BCUT2D eigenvalue weighted by Gasteiger charge is -2.08. The summed E-state index contributed by atoms with van der Waals surface area (Å²) >= 11 is 1.61. The molecule has 1 N–H and O–H groups in total. The Morgan fingerprint density at radius 2 is 2.22 bits per heavy atom. The number of hydrogen-bond donors (Lipinski definition) is 1. The Kier molecular flexibility index (Phi) is 3.94. The van der Waals surface area contributed by atoms with Crippen molar-refractivity contribution in [3.05, 3.63) is 52.0 Å². The summed E-state index contributed by atoms with van der Waals surface area (Å²) in [6.07, 6.45) is 0.702. The van der Waals surface area contributed by atoms with Gasteiger partial charge in [-0.3, -0.25) is 0 Å². The maximum atomic E-state index is 12.9. The number of carboxylic acid groups (broad SMARTS) is 1. The molecule has 0 aliphatic heterocycles. The van der Waals surface area contributed by atoms with Gasteiger partial charge >= 0.3 is 5.97 Å². The first-order chi connectivity index (χ1) is 8.66. The Bertz CT molecular complexity index is 537. The largest absolute Gasteiger partial charge is 0.492 e. The monoisotopic (exact) mass is 266 g/mol. The number of rotatable bonds is 5. The minimum Gasteiger partial charge on any atom is -0.492 e. The molecule has 0 saturated heterocycles. The lowest BCUT2D eigenvalue weighted by molar-refractivity contribution is 0.0691. The predicted octanol–water partition coefficient (Wildman–Crippen LogP) is 3.21. The number of carboxylic acids is 1. The van der Waals surface area contributed by atoms with E-state index in [0.29, 0.717) is 13.0 Å². The molecule has 1 aromatic heterocycles. The van der Waals surface area contributed by atoms with Gasteiger partial charge in [0.1, 0.15) is 17.1 Å². The third kappa shape index (κ3) is 3.07. The maximum absolute atomic E-state index is 12.9. The van der Waals surface area contributed by atoms with Gasteiger partial charge in [0.15, 0.2) is 0 Å². The molecule has 3 nitrogen and oxygen atoms in total. The Morgan fingerprint density at radius 1 is 1.39 bits per heavy atom. The van der Waals surface area contributed by atoms with Gasteiger partial charge in [-0.1, -0.05) is 6.07 Å². The van der Waals surface area contributed by atoms with Crippen LogP contribution in [0.2, 0.25) is 0 Å². The van der Waals surface area contributed by atoms with E-state index in [2.05, 4.69) is 0 Å². The molecule has 0 spiro atoms. The molecule has 0 fully saturated rings. The first-order valence-corrected chi connectivity index (χ1v) is 6.23. The lowest BCUT2D eigenvalue weighted by atomic mass is 10.2. The fourth-order valence-electron chi connectivity index (χ4n) is 1.51. The molecule has 0 amide bonds. The molecule has 0 atom stereocenters. The molecule has 0 unspecified atom stereocenters. The zero-order chi connectivity index (χ0) is 13.0. The van der Waals surface area contributed by atoms with Gasteiger partial charge in [-0.25, -0.2) is 9.18 Å². The van der Waals surface area contributed by atoms with E-state index in [1.165, 1.54) is 12.1 Å². The van der Waals surface area contributed by atoms with Crippen LogP contribution in [0.3, 0.4) is 0 Å². The summed E-state index contributed by atoms with van der Waals surface area (Å²) in [7, 11) is 0. The first kappa shape index (κ1) is 12.6. The molecule has 0 radical (unpaired) electrons. The number of carbonyl (C=O) groups is 1. The third-order valence-corrected chi connectivity index (χ3v) is 3.29. The molecule has 0 bridgehead atoms. The number of benzene rings is 1. The van der Waals surface area contributed by atoms with Gasteiger partial charge in [0.25, 0.3) is 0 Å². The Morgan fingerprint density at radius 3 is 2.89 bits per heavy atom. The lowest BCUT2D eigenvalue weighted by Crippen LogP contribution is -2.06. The zero-order valence-corrected chi connectivity index (χ0v) is 10.2. The summed E-state index contributed by atoms with van der Waals surface area (Å²) in [5, 5.41) is 10.9. The molecule has 94 valence electrons. The van der Waals surface area contributed by atoms with E-state index in [0.717, 1.165) is 10.9 Å². The highest BCUT2D eigenvalue weighted by Gasteiger charge is 2.12. The SMILES string of the molecule is O=C(O)c1cc(F)ccc1OCCc1cccs1. The Labute approximate surface area is 107 Å². The van der Waals surface area contributed by atoms with Gasteiger partial charge in [-0.15, -0.1) is 11.3 Å². The number of ether oxygens (including phenoxy) is 1. The molecule has 0 saturated carbocycles. The molecule has 1 aromatic carbocycles. The molecule has 1 heterocycles. The van der Waals surface area contributed by atoms with Crippen molar-refractivity contribution in [1.82, 2.24) is 0 Å². The van der Waals surface area contributed by atoms with Crippen LogP contribution in [0.15, 0.2) is 35.7 Å². The van der Waals surface area contributed by atoms with Crippen LogP contribution in [-0.4, -0.2) is 17.7 Å². The van der Waals surface area contributed by atoms with Crippen molar-refractivity contribution in [3.8, 4) is 5.75 Å². The van der Waals surface area contributed by atoms with E-state index in [4.69, 9.17) is 9.84 Å². The van der Waals surface area contributed by atoms with Crippen LogP contribution in [0, 0.1) is 5.82 Å². The molecule has 0 aliphatic rings. The quantitative estimate of drug-likeness (QED) is 0.904. The van der Waals surface area contributed by atoms with Gasteiger partial charge in [0.2, 0.25) is 0 Å². The zero-order valence-electron chi connectivity index (χ0n) is 9.43. The summed E-state index contributed by atoms with van der Waals surface area (Å²) in [5.74, 6) is -1.58. The second-order valence-electron chi connectivity index (χ2n) is 3.62. The molecule has 0 aliphatic carbocycles.